The summed E-state index contributed by atoms with van der Waals surface area (Å²) in [7, 11) is 0. The fourth-order valence-corrected chi connectivity index (χ4v) is 1.95. The minimum atomic E-state index is -1.77. The molecular weight excluding hydrogens is 352 g/mol. The van der Waals surface area contributed by atoms with E-state index >= 15 is 0 Å². The Balaban J connectivity index is 4.97. The highest BCUT2D eigenvalue weighted by Gasteiger charge is 2.30. The molecule has 0 aromatic heterocycles. The molecule has 0 aromatic rings. The van der Waals surface area contributed by atoms with Crippen molar-refractivity contribution >= 4 is 29.7 Å². The van der Waals surface area contributed by atoms with Crippen LogP contribution in [0.4, 0.5) is 0 Å². The van der Waals surface area contributed by atoms with Crippen molar-refractivity contribution in [2.45, 2.75) is 50.2 Å². The molecule has 12 nitrogen and oxygen atoms in total. The van der Waals surface area contributed by atoms with Gasteiger partial charge >= 0.3 is 17.9 Å². The topological polar surface area (TPSA) is 222 Å². The lowest BCUT2D eigenvalue weighted by atomic mass is 10.1. The molecule has 0 fully saturated rings. The number of hydrogen-bond acceptors (Lipinski definition) is 7. The van der Waals surface area contributed by atoms with Gasteiger partial charge in [0.1, 0.15) is 12.1 Å². The Morgan fingerprint density at radius 2 is 1.31 bits per heavy atom. The largest absolute Gasteiger partial charge is 0.481 e. The summed E-state index contributed by atoms with van der Waals surface area (Å²) in [6.07, 6.45) is -0.281. The quantitative estimate of drug-likeness (QED) is 0.167. The molecule has 0 bridgehead atoms. The Bertz CT molecular complexity index is 539. The SMILES string of the molecule is NCCCCC(N)C(=O)NC(CC(=O)O)C(=O)NC(CC(=O)O)C(=O)O. The Hall–Kier alpha value is -2.73. The second-order valence-electron chi connectivity index (χ2n) is 5.55. The standard InChI is InChI=1S/C14H24N4O8/c15-4-2-1-3-7(16)12(23)17-8(5-10(19)20)13(24)18-9(14(25)26)6-11(21)22/h7-9H,1-6,15-16H2,(H,17,23)(H,18,24)(H,19,20)(H,21,22)(H,25,26). The minimum Gasteiger partial charge on any atom is -0.481 e. The lowest BCUT2D eigenvalue weighted by Crippen LogP contribution is -2.55. The number of aliphatic carboxylic acids is 3. The van der Waals surface area contributed by atoms with Crippen molar-refractivity contribution in [1.29, 1.82) is 0 Å². The van der Waals surface area contributed by atoms with E-state index in [-0.39, 0.29) is 6.42 Å². The van der Waals surface area contributed by atoms with Crippen molar-refractivity contribution in [3.05, 3.63) is 0 Å². The number of carbonyl (C=O) groups excluding carboxylic acids is 2. The molecular formula is C14H24N4O8. The molecule has 0 saturated heterocycles. The molecule has 3 atom stereocenters. The van der Waals surface area contributed by atoms with Crippen molar-refractivity contribution in [2.24, 2.45) is 11.5 Å². The van der Waals surface area contributed by atoms with Gasteiger partial charge in [0.25, 0.3) is 0 Å². The molecule has 0 rings (SSSR count). The van der Waals surface area contributed by atoms with Gasteiger partial charge in [-0.2, -0.15) is 0 Å². The van der Waals surface area contributed by atoms with Gasteiger partial charge in [0.15, 0.2) is 0 Å². The van der Waals surface area contributed by atoms with Gasteiger partial charge < -0.3 is 37.4 Å². The number of nitrogens with two attached hydrogens (primary N) is 2. The second kappa shape index (κ2) is 11.8. The third kappa shape index (κ3) is 9.54. The highest BCUT2D eigenvalue weighted by Crippen LogP contribution is 2.02. The summed E-state index contributed by atoms with van der Waals surface area (Å²) in [5.41, 5.74) is 11.0. The monoisotopic (exact) mass is 376 g/mol. The van der Waals surface area contributed by atoms with Gasteiger partial charge in [-0.3, -0.25) is 19.2 Å². The summed E-state index contributed by atoms with van der Waals surface area (Å²) >= 11 is 0. The van der Waals surface area contributed by atoms with Crippen molar-refractivity contribution in [3.8, 4) is 0 Å². The molecule has 0 spiro atoms. The first-order valence-corrected chi connectivity index (χ1v) is 7.81. The zero-order valence-corrected chi connectivity index (χ0v) is 14.0. The first-order valence-electron chi connectivity index (χ1n) is 7.81. The normalized spacial score (nSPS) is 13.9. The summed E-state index contributed by atoms with van der Waals surface area (Å²) in [5, 5.41) is 30.5. The van der Waals surface area contributed by atoms with E-state index in [2.05, 4.69) is 5.32 Å². The molecule has 2 amide bonds. The summed E-state index contributed by atoms with van der Waals surface area (Å²) < 4.78 is 0. The van der Waals surface area contributed by atoms with E-state index in [0.29, 0.717) is 19.4 Å². The molecule has 148 valence electrons. The average Bonchev–Trinajstić information content (AvgIpc) is 2.52. The van der Waals surface area contributed by atoms with Crippen LogP contribution in [-0.2, 0) is 24.0 Å². The Morgan fingerprint density at radius 3 is 1.77 bits per heavy atom. The van der Waals surface area contributed by atoms with Gasteiger partial charge in [-0.05, 0) is 19.4 Å². The van der Waals surface area contributed by atoms with E-state index < -0.39 is 60.7 Å². The van der Waals surface area contributed by atoms with E-state index in [1.807, 2.05) is 5.32 Å². The number of amides is 2. The predicted octanol–water partition coefficient (Wildman–Crippen LogP) is -2.55. The van der Waals surface area contributed by atoms with Crippen molar-refractivity contribution in [2.75, 3.05) is 6.54 Å². The number of nitrogens with one attached hydrogen (secondary N) is 2. The van der Waals surface area contributed by atoms with Gasteiger partial charge in [0.05, 0.1) is 18.9 Å². The van der Waals surface area contributed by atoms with Gasteiger partial charge in [-0.1, -0.05) is 6.42 Å². The molecule has 26 heavy (non-hydrogen) atoms. The number of carboxylic acid groups (broad SMARTS) is 3. The van der Waals surface area contributed by atoms with Crippen LogP contribution in [-0.4, -0.2) is 69.7 Å². The van der Waals surface area contributed by atoms with E-state index in [1.165, 1.54) is 0 Å². The zero-order chi connectivity index (χ0) is 20.3. The summed E-state index contributed by atoms with van der Waals surface area (Å²) in [6, 6.07) is -4.37. The molecule has 9 N–H and O–H groups in total. The van der Waals surface area contributed by atoms with E-state index in [1.54, 1.807) is 0 Å². The molecule has 0 saturated carbocycles. The molecule has 0 aromatic carbocycles. The van der Waals surface area contributed by atoms with Gasteiger partial charge in [0, 0.05) is 0 Å². The fourth-order valence-electron chi connectivity index (χ4n) is 1.95. The van der Waals surface area contributed by atoms with Crippen molar-refractivity contribution in [1.82, 2.24) is 10.6 Å². The van der Waals surface area contributed by atoms with Crippen LogP contribution >= 0.6 is 0 Å². The van der Waals surface area contributed by atoms with Crippen LogP contribution in [0, 0.1) is 0 Å². The Morgan fingerprint density at radius 1 is 0.808 bits per heavy atom. The number of rotatable bonds is 13. The number of hydrogen-bond donors (Lipinski definition) is 7. The highest BCUT2D eigenvalue weighted by molar-refractivity contribution is 5.94. The third-order valence-corrected chi connectivity index (χ3v) is 3.31. The Labute approximate surface area is 148 Å². The fraction of sp³-hybridized carbons (Fsp3) is 0.643. The maximum absolute atomic E-state index is 12.1. The Kier molecular flexibility index (Phi) is 10.5. The van der Waals surface area contributed by atoms with Gasteiger partial charge in [-0.15, -0.1) is 0 Å². The summed E-state index contributed by atoms with van der Waals surface area (Å²) in [6.45, 7) is 0.415. The minimum absolute atomic E-state index is 0.265. The number of unbranched alkanes of at least 4 members (excludes halogenated alkanes) is 1. The molecule has 0 aliphatic rings. The van der Waals surface area contributed by atoms with Crippen LogP contribution in [0.1, 0.15) is 32.1 Å². The van der Waals surface area contributed by atoms with Crippen LogP contribution in [0.15, 0.2) is 0 Å². The lowest BCUT2D eigenvalue weighted by Gasteiger charge is -2.21. The number of carboxylic acids is 3. The highest BCUT2D eigenvalue weighted by atomic mass is 16.4. The average molecular weight is 376 g/mol. The third-order valence-electron chi connectivity index (χ3n) is 3.31. The summed E-state index contributed by atoms with van der Waals surface area (Å²) in [5.74, 6) is -6.43. The maximum atomic E-state index is 12.1. The molecule has 0 radical (unpaired) electrons. The lowest BCUT2D eigenvalue weighted by molar-refractivity contribution is -0.148. The van der Waals surface area contributed by atoms with E-state index in [4.69, 9.17) is 26.8 Å². The number of carbonyl (C=O) groups is 5. The first-order chi connectivity index (χ1) is 12.1. The molecule has 0 heterocycles. The van der Waals surface area contributed by atoms with Crippen LogP contribution < -0.4 is 22.1 Å². The predicted molar refractivity (Wildman–Crippen MR) is 86.9 cm³/mol. The first kappa shape index (κ1) is 23.3. The molecule has 0 aliphatic carbocycles. The van der Waals surface area contributed by atoms with Crippen LogP contribution in [0.25, 0.3) is 0 Å². The van der Waals surface area contributed by atoms with E-state index in [9.17, 15) is 24.0 Å². The van der Waals surface area contributed by atoms with Crippen LogP contribution in [0.3, 0.4) is 0 Å². The van der Waals surface area contributed by atoms with E-state index in [0.717, 1.165) is 0 Å². The summed E-state index contributed by atoms with van der Waals surface area (Å²) in [4.78, 5) is 56.6. The van der Waals surface area contributed by atoms with Crippen LogP contribution in [0.5, 0.6) is 0 Å². The van der Waals surface area contributed by atoms with Crippen LogP contribution in [0.2, 0.25) is 0 Å². The molecule has 0 aliphatic heterocycles. The van der Waals surface area contributed by atoms with Gasteiger partial charge in [-0.25, -0.2) is 4.79 Å². The maximum Gasteiger partial charge on any atom is 0.326 e. The molecule has 12 heteroatoms. The molecule has 3 unspecified atom stereocenters. The van der Waals surface area contributed by atoms with Crippen molar-refractivity contribution < 1.29 is 39.3 Å². The second-order valence-corrected chi connectivity index (χ2v) is 5.55. The van der Waals surface area contributed by atoms with Gasteiger partial charge in [0.2, 0.25) is 11.8 Å². The van der Waals surface area contributed by atoms with Crippen molar-refractivity contribution in [3.63, 3.8) is 0 Å². The zero-order valence-electron chi connectivity index (χ0n) is 14.0. The smallest absolute Gasteiger partial charge is 0.326 e.